The Balaban J connectivity index is 1.77. The third kappa shape index (κ3) is 3.14. The number of carbonyl (C=O) groups is 1. The van der Waals surface area contributed by atoms with E-state index in [1.54, 1.807) is 24.3 Å². The van der Waals surface area contributed by atoms with Crippen molar-refractivity contribution in [3.8, 4) is 11.5 Å². The predicted octanol–water partition coefficient (Wildman–Crippen LogP) is 3.66. The minimum absolute atomic E-state index is 0.0486. The fraction of sp³-hybridized carbons (Fsp3) is 0.167. The summed E-state index contributed by atoms with van der Waals surface area (Å²) in [6.45, 7) is 3.10. The maximum atomic E-state index is 12.2. The van der Waals surface area contributed by atoms with E-state index in [9.17, 15) is 4.79 Å². The topological polar surface area (TPSA) is 35.5 Å². The van der Waals surface area contributed by atoms with Crippen LogP contribution in [0.1, 0.15) is 21.5 Å². The number of hydrogen-bond acceptors (Lipinski definition) is 3. The molecule has 0 aromatic heterocycles. The Hall–Kier alpha value is -2.55. The van der Waals surface area contributed by atoms with E-state index in [-0.39, 0.29) is 5.78 Å². The highest BCUT2D eigenvalue weighted by Crippen LogP contribution is 2.30. The van der Waals surface area contributed by atoms with Gasteiger partial charge in [0.1, 0.15) is 13.2 Å². The molecule has 1 aliphatic heterocycles. The molecule has 2 aromatic carbocycles. The Bertz CT molecular complexity index is 684. The molecule has 3 rings (SSSR count). The Labute approximate surface area is 123 Å². The number of rotatable bonds is 3. The van der Waals surface area contributed by atoms with Crippen molar-refractivity contribution in [1.82, 2.24) is 0 Å². The van der Waals surface area contributed by atoms with Crippen LogP contribution < -0.4 is 9.47 Å². The van der Waals surface area contributed by atoms with Crippen LogP contribution in [0.5, 0.6) is 11.5 Å². The number of carbonyl (C=O) groups excluding carboxylic acids is 1. The normalized spacial score (nSPS) is 13.4. The smallest absolute Gasteiger partial charge is 0.185 e. The van der Waals surface area contributed by atoms with Crippen LogP contribution >= 0.6 is 0 Å². The third-order valence-electron chi connectivity index (χ3n) is 3.33. The van der Waals surface area contributed by atoms with Crippen molar-refractivity contribution < 1.29 is 14.3 Å². The van der Waals surface area contributed by atoms with Gasteiger partial charge in [0.2, 0.25) is 0 Å². The van der Waals surface area contributed by atoms with Gasteiger partial charge in [0.05, 0.1) is 0 Å². The first-order chi connectivity index (χ1) is 10.2. The summed E-state index contributed by atoms with van der Waals surface area (Å²) >= 11 is 0. The number of benzene rings is 2. The predicted molar refractivity (Wildman–Crippen MR) is 82.0 cm³/mol. The molecule has 3 nitrogen and oxygen atoms in total. The summed E-state index contributed by atoms with van der Waals surface area (Å²) in [5, 5.41) is 0. The molecule has 3 heteroatoms. The summed E-state index contributed by atoms with van der Waals surface area (Å²) < 4.78 is 10.9. The molecular weight excluding hydrogens is 264 g/mol. The van der Waals surface area contributed by atoms with Gasteiger partial charge in [0, 0.05) is 5.56 Å². The Morgan fingerprint density at radius 3 is 2.48 bits per heavy atom. The number of ether oxygens (including phenoxy) is 2. The van der Waals surface area contributed by atoms with E-state index < -0.39 is 0 Å². The van der Waals surface area contributed by atoms with E-state index in [0.29, 0.717) is 30.3 Å². The molecular formula is C18H16O3. The van der Waals surface area contributed by atoms with Gasteiger partial charge in [-0.25, -0.2) is 0 Å². The second-order valence-electron chi connectivity index (χ2n) is 4.97. The van der Waals surface area contributed by atoms with Crippen molar-refractivity contribution in [2.75, 3.05) is 13.2 Å². The zero-order valence-electron chi connectivity index (χ0n) is 11.8. The van der Waals surface area contributed by atoms with E-state index in [4.69, 9.17) is 9.47 Å². The molecule has 1 heterocycles. The SMILES string of the molecule is Cc1ccc(/C=C/C(=O)c2ccc3c(c2)OCCO3)cc1. The van der Waals surface area contributed by atoms with Gasteiger partial charge in [0.25, 0.3) is 0 Å². The Kier molecular flexibility index (Phi) is 3.73. The monoisotopic (exact) mass is 280 g/mol. The van der Waals surface area contributed by atoms with Crippen LogP contribution in [-0.2, 0) is 0 Å². The minimum Gasteiger partial charge on any atom is -0.486 e. The molecule has 0 spiro atoms. The standard InChI is InChI=1S/C18H16O3/c1-13-2-4-14(5-3-13)6-8-16(19)15-7-9-17-18(12-15)21-11-10-20-17/h2-9,12H,10-11H2,1H3/b8-6+. The van der Waals surface area contributed by atoms with Crippen LogP contribution in [0.25, 0.3) is 6.08 Å². The molecule has 0 amide bonds. The average molecular weight is 280 g/mol. The maximum Gasteiger partial charge on any atom is 0.185 e. The third-order valence-corrected chi connectivity index (χ3v) is 3.33. The fourth-order valence-electron chi connectivity index (χ4n) is 2.14. The van der Waals surface area contributed by atoms with E-state index in [2.05, 4.69) is 0 Å². The van der Waals surface area contributed by atoms with Crippen molar-refractivity contribution in [2.45, 2.75) is 6.92 Å². The van der Waals surface area contributed by atoms with Crippen LogP contribution in [0.2, 0.25) is 0 Å². The first-order valence-corrected chi connectivity index (χ1v) is 6.91. The van der Waals surface area contributed by atoms with E-state index in [1.807, 2.05) is 37.3 Å². The van der Waals surface area contributed by atoms with Gasteiger partial charge in [-0.1, -0.05) is 35.9 Å². The van der Waals surface area contributed by atoms with Crippen LogP contribution in [-0.4, -0.2) is 19.0 Å². The van der Waals surface area contributed by atoms with E-state index in [1.165, 1.54) is 5.56 Å². The van der Waals surface area contributed by atoms with Crippen molar-refractivity contribution >= 4 is 11.9 Å². The Morgan fingerprint density at radius 2 is 1.71 bits per heavy atom. The van der Waals surface area contributed by atoms with Crippen molar-refractivity contribution in [2.24, 2.45) is 0 Å². The molecule has 0 aliphatic carbocycles. The lowest BCUT2D eigenvalue weighted by molar-refractivity contribution is 0.104. The molecule has 21 heavy (non-hydrogen) atoms. The number of ketones is 1. The first-order valence-electron chi connectivity index (χ1n) is 6.91. The van der Waals surface area contributed by atoms with Gasteiger partial charge in [-0.3, -0.25) is 4.79 Å². The van der Waals surface area contributed by atoms with E-state index in [0.717, 1.165) is 5.56 Å². The van der Waals surface area contributed by atoms with Gasteiger partial charge in [0.15, 0.2) is 17.3 Å². The molecule has 2 aromatic rings. The summed E-state index contributed by atoms with van der Waals surface area (Å²) in [7, 11) is 0. The van der Waals surface area contributed by atoms with E-state index >= 15 is 0 Å². The molecule has 0 N–H and O–H groups in total. The molecule has 0 bridgehead atoms. The molecule has 0 saturated heterocycles. The molecule has 0 atom stereocenters. The number of aryl methyl sites for hydroxylation is 1. The van der Waals surface area contributed by atoms with Crippen LogP contribution in [0.4, 0.5) is 0 Å². The highest BCUT2D eigenvalue weighted by atomic mass is 16.6. The highest BCUT2D eigenvalue weighted by molar-refractivity contribution is 6.07. The zero-order chi connectivity index (χ0) is 14.7. The lowest BCUT2D eigenvalue weighted by atomic mass is 10.1. The summed E-state index contributed by atoms with van der Waals surface area (Å²) in [6, 6.07) is 13.3. The van der Waals surface area contributed by atoms with Crippen LogP contribution in [0.15, 0.2) is 48.5 Å². The summed E-state index contributed by atoms with van der Waals surface area (Å²) in [5.41, 5.74) is 2.81. The maximum absolute atomic E-state index is 12.2. The molecule has 1 aliphatic rings. The largest absolute Gasteiger partial charge is 0.486 e. The zero-order valence-corrected chi connectivity index (χ0v) is 11.8. The fourth-order valence-corrected chi connectivity index (χ4v) is 2.14. The van der Waals surface area contributed by atoms with Gasteiger partial charge in [-0.2, -0.15) is 0 Å². The molecule has 0 unspecified atom stereocenters. The second-order valence-corrected chi connectivity index (χ2v) is 4.97. The van der Waals surface area contributed by atoms with Crippen LogP contribution in [0, 0.1) is 6.92 Å². The van der Waals surface area contributed by atoms with Gasteiger partial charge < -0.3 is 9.47 Å². The van der Waals surface area contributed by atoms with Gasteiger partial charge in [-0.05, 0) is 36.8 Å². The summed E-state index contributed by atoms with van der Waals surface area (Å²) in [4.78, 5) is 12.2. The number of hydrogen-bond donors (Lipinski definition) is 0. The Morgan fingerprint density at radius 1 is 1.00 bits per heavy atom. The quantitative estimate of drug-likeness (QED) is 0.636. The van der Waals surface area contributed by atoms with Crippen LogP contribution in [0.3, 0.4) is 0 Å². The lowest BCUT2D eigenvalue weighted by Crippen LogP contribution is -2.15. The number of fused-ring (bicyclic) bond motifs is 1. The second kappa shape index (κ2) is 5.83. The minimum atomic E-state index is -0.0486. The average Bonchev–Trinajstić information content (AvgIpc) is 2.53. The summed E-state index contributed by atoms with van der Waals surface area (Å²) in [6.07, 6.45) is 3.40. The highest BCUT2D eigenvalue weighted by Gasteiger charge is 2.13. The van der Waals surface area contributed by atoms with Crippen molar-refractivity contribution in [3.05, 3.63) is 65.2 Å². The molecule has 0 radical (unpaired) electrons. The van der Waals surface area contributed by atoms with Crippen molar-refractivity contribution in [1.29, 1.82) is 0 Å². The molecule has 0 fully saturated rings. The number of allylic oxidation sites excluding steroid dienone is 1. The first kappa shape index (κ1) is 13.4. The van der Waals surface area contributed by atoms with Gasteiger partial charge in [-0.15, -0.1) is 0 Å². The van der Waals surface area contributed by atoms with Crippen molar-refractivity contribution in [3.63, 3.8) is 0 Å². The lowest BCUT2D eigenvalue weighted by Gasteiger charge is -2.18. The molecule has 106 valence electrons. The molecule has 0 saturated carbocycles. The summed E-state index contributed by atoms with van der Waals surface area (Å²) in [5.74, 6) is 1.28. The van der Waals surface area contributed by atoms with Gasteiger partial charge >= 0.3 is 0 Å².